The van der Waals surface area contributed by atoms with Crippen LogP contribution in [-0.4, -0.2) is 10.9 Å². The fraction of sp³-hybridized carbons (Fsp3) is 0.615. The van der Waals surface area contributed by atoms with Crippen LogP contribution >= 0.6 is 0 Å². The van der Waals surface area contributed by atoms with Crippen molar-refractivity contribution in [3.8, 4) is 5.75 Å². The van der Waals surface area contributed by atoms with Crippen LogP contribution in [0.15, 0.2) is 36.4 Å². The van der Waals surface area contributed by atoms with Crippen molar-refractivity contribution in [2.45, 2.75) is 156 Å². The van der Waals surface area contributed by atoms with Gasteiger partial charge in [0.25, 0.3) is 0 Å². The first-order valence-corrected chi connectivity index (χ1v) is 17.1. The zero-order chi connectivity index (χ0) is 30.4. The highest BCUT2D eigenvalue weighted by Gasteiger charge is 2.27. The summed E-state index contributed by atoms with van der Waals surface area (Å²) in [5.41, 5.74) is 6.86. The topological polar surface area (TPSA) is 37.3 Å². The molecule has 4 unspecified atom stereocenters. The largest absolute Gasteiger partial charge is 0.508 e. The van der Waals surface area contributed by atoms with Gasteiger partial charge in [0.2, 0.25) is 0 Å². The van der Waals surface area contributed by atoms with Crippen molar-refractivity contribution < 1.29 is 9.90 Å². The minimum atomic E-state index is 0.0580. The van der Waals surface area contributed by atoms with Crippen molar-refractivity contribution in [3.05, 3.63) is 69.8 Å². The number of hydrogen-bond acceptors (Lipinski definition) is 2. The van der Waals surface area contributed by atoms with E-state index in [1.54, 1.807) is 6.07 Å². The van der Waals surface area contributed by atoms with Crippen LogP contribution in [0.5, 0.6) is 5.75 Å². The molecule has 0 aliphatic rings. The predicted octanol–water partition coefficient (Wildman–Crippen LogP) is 12.5. The molecule has 2 heteroatoms. The summed E-state index contributed by atoms with van der Waals surface area (Å²) >= 11 is 0. The van der Waals surface area contributed by atoms with Crippen molar-refractivity contribution >= 4 is 11.9 Å². The van der Waals surface area contributed by atoms with E-state index in [-0.39, 0.29) is 17.6 Å². The summed E-state index contributed by atoms with van der Waals surface area (Å²) in [6.07, 6.45) is 16.9. The molecule has 0 spiro atoms. The first-order valence-electron chi connectivity index (χ1n) is 17.1. The zero-order valence-electron chi connectivity index (χ0n) is 27.7. The molecule has 0 aliphatic carbocycles. The molecule has 0 bridgehead atoms. The maximum Gasteiger partial charge on any atom is 0.186 e. The molecule has 4 atom stereocenters. The molecule has 0 fully saturated rings. The fourth-order valence-corrected chi connectivity index (χ4v) is 7.01. The quantitative estimate of drug-likeness (QED) is 0.137. The summed E-state index contributed by atoms with van der Waals surface area (Å²) in [7, 11) is 0. The third-order valence-electron chi connectivity index (χ3n) is 9.30. The average Bonchev–Trinajstić information content (AvgIpc) is 2.99. The first-order chi connectivity index (χ1) is 19.8. The lowest BCUT2D eigenvalue weighted by atomic mass is 9.77. The summed E-state index contributed by atoms with van der Waals surface area (Å²) in [5, 5.41) is 11.1. The molecule has 2 aromatic carbocycles. The number of aromatic hydroxyl groups is 1. The summed E-state index contributed by atoms with van der Waals surface area (Å²) in [5.74, 6) is 2.01. The average molecular weight is 561 g/mol. The molecular weight excluding hydrogens is 500 g/mol. The van der Waals surface area contributed by atoms with E-state index in [1.807, 2.05) is 12.1 Å². The Morgan fingerprint density at radius 2 is 1.17 bits per heavy atom. The van der Waals surface area contributed by atoms with Crippen LogP contribution in [0.25, 0.3) is 6.08 Å². The lowest BCUT2D eigenvalue weighted by Gasteiger charge is -2.27. The molecule has 2 nitrogen and oxygen atoms in total. The van der Waals surface area contributed by atoms with E-state index in [2.05, 4.69) is 79.7 Å². The van der Waals surface area contributed by atoms with Crippen LogP contribution < -0.4 is 0 Å². The minimum absolute atomic E-state index is 0.0580. The molecule has 1 N–H and O–H groups in total. The number of ketones is 1. The molecule has 0 heterocycles. The number of hydrogen-bond donors (Lipinski definition) is 1. The van der Waals surface area contributed by atoms with Gasteiger partial charge in [0.05, 0.1) is 0 Å². The Morgan fingerprint density at radius 1 is 0.659 bits per heavy atom. The van der Waals surface area contributed by atoms with E-state index in [0.717, 1.165) is 80.9 Å². The second-order valence-corrected chi connectivity index (χ2v) is 12.1. The molecule has 0 aromatic heterocycles. The summed E-state index contributed by atoms with van der Waals surface area (Å²) in [4.78, 5) is 14.1. The van der Waals surface area contributed by atoms with Gasteiger partial charge in [0.1, 0.15) is 5.75 Å². The van der Waals surface area contributed by atoms with Gasteiger partial charge in [-0.05, 0) is 116 Å². The molecule has 41 heavy (non-hydrogen) atoms. The van der Waals surface area contributed by atoms with Gasteiger partial charge in [-0.3, -0.25) is 4.79 Å². The summed E-state index contributed by atoms with van der Waals surface area (Å²) in [6.45, 7) is 17.9. The van der Waals surface area contributed by atoms with E-state index < -0.39 is 0 Å². The van der Waals surface area contributed by atoms with E-state index in [1.165, 1.54) is 29.5 Å². The molecule has 0 aliphatic heterocycles. The van der Waals surface area contributed by atoms with Crippen LogP contribution in [0, 0.1) is 0 Å². The highest BCUT2D eigenvalue weighted by atomic mass is 16.3. The zero-order valence-corrected chi connectivity index (χ0v) is 27.7. The standard InChI is InChI=1S/C39H60O2/c1-9-17-28(13-5)32-21-23-34(29(14-6)18-10-2)33(27-32)22-25-36(40)35-24-26-37(41)39(31(16-8)20-12-4)38(35)30(15-7)19-11-3/h21-31,41H,9-20H2,1-8H3/b25-22+. The molecule has 228 valence electrons. The molecule has 2 rings (SSSR count). The van der Waals surface area contributed by atoms with Gasteiger partial charge in [-0.15, -0.1) is 0 Å². The van der Waals surface area contributed by atoms with Crippen molar-refractivity contribution in [2.24, 2.45) is 0 Å². The highest BCUT2D eigenvalue weighted by Crippen LogP contribution is 2.42. The van der Waals surface area contributed by atoms with Gasteiger partial charge in [-0.2, -0.15) is 0 Å². The predicted molar refractivity (Wildman–Crippen MR) is 180 cm³/mol. The highest BCUT2D eigenvalue weighted by molar-refractivity contribution is 6.08. The Kier molecular flexibility index (Phi) is 15.5. The molecule has 0 saturated heterocycles. The maximum atomic E-state index is 14.1. The number of phenols is 1. The van der Waals surface area contributed by atoms with Crippen LogP contribution in [0.3, 0.4) is 0 Å². The number of carbonyl (C=O) groups excluding carboxylic acids is 1. The second kappa shape index (κ2) is 18.2. The van der Waals surface area contributed by atoms with Gasteiger partial charge in [0.15, 0.2) is 5.78 Å². The van der Waals surface area contributed by atoms with E-state index >= 15 is 0 Å². The molecule has 0 amide bonds. The van der Waals surface area contributed by atoms with Gasteiger partial charge in [0, 0.05) is 11.1 Å². The van der Waals surface area contributed by atoms with Gasteiger partial charge in [-0.25, -0.2) is 0 Å². The van der Waals surface area contributed by atoms with E-state index in [4.69, 9.17) is 0 Å². The Hall–Kier alpha value is -2.35. The maximum absolute atomic E-state index is 14.1. The molecular formula is C39H60O2. The summed E-state index contributed by atoms with van der Waals surface area (Å²) < 4.78 is 0. The van der Waals surface area contributed by atoms with Crippen LogP contribution in [0.1, 0.15) is 194 Å². The second-order valence-electron chi connectivity index (χ2n) is 12.1. The van der Waals surface area contributed by atoms with Crippen LogP contribution in [0.2, 0.25) is 0 Å². The van der Waals surface area contributed by atoms with Gasteiger partial charge < -0.3 is 5.11 Å². The minimum Gasteiger partial charge on any atom is -0.508 e. The lowest BCUT2D eigenvalue weighted by molar-refractivity contribution is 0.104. The molecule has 0 saturated carbocycles. The van der Waals surface area contributed by atoms with Crippen LogP contribution in [0.4, 0.5) is 0 Å². The Balaban J connectivity index is 2.69. The fourth-order valence-electron chi connectivity index (χ4n) is 7.01. The van der Waals surface area contributed by atoms with Gasteiger partial charge >= 0.3 is 0 Å². The van der Waals surface area contributed by atoms with Gasteiger partial charge in [-0.1, -0.05) is 105 Å². The SMILES string of the molecule is CCCC(CC)c1ccc(C(CC)CCC)c(/C=C/C(=O)c2ccc(O)c(C(CC)CCC)c2C(CC)CCC)c1. The smallest absolute Gasteiger partial charge is 0.186 e. The lowest BCUT2D eigenvalue weighted by Crippen LogP contribution is -2.13. The van der Waals surface area contributed by atoms with E-state index in [9.17, 15) is 9.90 Å². The third-order valence-corrected chi connectivity index (χ3v) is 9.30. The third kappa shape index (κ3) is 9.07. The Labute approximate surface area is 253 Å². The number of benzene rings is 2. The summed E-state index contributed by atoms with van der Waals surface area (Å²) in [6, 6.07) is 10.7. The molecule has 2 aromatic rings. The van der Waals surface area contributed by atoms with Crippen molar-refractivity contribution in [2.75, 3.05) is 0 Å². The monoisotopic (exact) mass is 560 g/mol. The molecule has 0 radical (unpaired) electrons. The first kappa shape index (κ1) is 34.8. The number of carbonyl (C=O) groups is 1. The van der Waals surface area contributed by atoms with Crippen LogP contribution in [-0.2, 0) is 0 Å². The number of rotatable bonds is 19. The number of phenolic OH excluding ortho intramolecular Hbond substituents is 1. The van der Waals surface area contributed by atoms with E-state index in [0.29, 0.717) is 17.6 Å². The Bertz CT molecular complexity index is 1090. The van der Waals surface area contributed by atoms with Crippen molar-refractivity contribution in [1.29, 1.82) is 0 Å². The normalized spacial score (nSPS) is 14.7. The van der Waals surface area contributed by atoms with Crippen molar-refractivity contribution in [3.63, 3.8) is 0 Å². The van der Waals surface area contributed by atoms with Crippen molar-refractivity contribution in [1.82, 2.24) is 0 Å². The Morgan fingerprint density at radius 3 is 1.71 bits per heavy atom. The number of allylic oxidation sites excluding steroid dienone is 1.